The molecule has 0 radical (unpaired) electrons. The number of hydrogen-bond donors (Lipinski definition) is 2. The van der Waals surface area contributed by atoms with Crippen molar-refractivity contribution in [1.82, 2.24) is 10.2 Å². The van der Waals surface area contributed by atoms with Crippen LogP contribution in [0, 0.1) is 0 Å². The summed E-state index contributed by atoms with van der Waals surface area (Å²) in [5.41, 5.74) is 2.04. The lowest BCUT2D eigenvalue weighted by Gasteiger charge is -2.39. The molecule has 1 saturated heterocycles. The molecule has 1 aromatic carbocycles. The molecule has 2 heterocycles. The minimum absolute atomic E-state index is 0.159. The number of aliphatic hydroxyl groups is 1. The summed E-state index contributed by atoms with van der Waals surface area (Å²) in [6, 6.07) is 8.28. The van der Waals surface area contributed by atoms with Gasteiger partial charge in [-0.1, -0.05) is 42.8 Å². The van der Waals surface area contributed by atoms with Crippen molar-refractivity contribution in [2.45, 2.75) is 38.2 Å². The highest BCUT2D eigenvalue weighted by molar-refractivity contribution is 6.32. The van der Waals surface area contributed by atoms with Crippen LogP contribution in [0.25, 0.3) is 0 Å². The van der Waals surface area contributed by atoms with Crippen LogP contribution in [0.3, 0.4) is 0 Å². The van der Waals surface area contributed by atoms with Crippen molar-refractivity contribution in [2.24, 2.45) is 0 Å². The van der Waals surface area contributed by atoms with Crippen LogP contribution in [0.5, 0.6) is 0 Å². The monoisotopic (exact) mass is 347 g/mol. The first-order valence-electron chi connectivity index (χ1n) is 8.30. The summed E-state index contributed by atoms with van der Waals surface area (Å²) < 4.78 is 0. The van der Waals surface area contributed by atoms with E-state index in [4.69, 9.17) is 11.6 Å². The zero-order valence-electron chi connectivity index (χ0n) is 13.8. The molecule has 1 aliphatic rings. The Bertz CT molecular complexity index is 767. The topological polar surface area (TPSA) is 69.2 Å². The molecule has 0 amide bonds. The summed E-state index contributed by atoms with van der Waals surface area (Å²) in [4.78, 5) is 13.6. The molecule has 2 N–H and O–H groups in total. The lowest BCUT2D eigenvalue weighted by atomic mass is 9.83. The molecule has 0 saturated carbocycles. The first kappa shape index (κ1) is 17.0. The largest absolute Gasteiger partial charge is 0.389 e. The molecule has 0 atom stereocenters. The van der Waals surface area contributed by atoms with E-state index in [1.54, 1.807) is 6.20 Å². The molecule has 6 heteroatoms. The minimum atomic E-state index is -0.719. The number of rotatable bonds is 4. The van der Waals surface area contributed by atoms with E-state index in [0.29, 0.717) is 38.0 Å². The summed E-state index contributed by atoms with van der Waals surface area (Å²) in [6.07, 6.45) is 4.46. The van der Waals surface area contributed by atoms with E-state index >= 15 is 0 Å². The van der Waals surface area contributed by atoms with E-state index in [-0.39, 0.29) is 10.6 Å². The number of aromatic nitrogens is 2. The zero-order chi connectivity index (χ0) is 17.2. The predicted molar refractivity (Wildman–Crippen MR) is 95.8 cm³/mol. The van der Waals surface area contributed by atoms with Crippen molar-refractivity contribution in [3.05, 3.63) is 57.0 Å². The maximum absolute atomic E-state index is 11.6. The van der Waals surface area contributed by atoms with Crippen LogP contribution >= 0.6 is 11.6 Å². The number of anilines is 1. The van der Waals surface area contributed by atoms with Gasteiger partial charge < -0.3 is 10.0 Å². The third-order valence-corrected chi connectivity index (χ3v) is 5.20. The van der Waals surface area contributed by atoms with Crippen LogP contribution in [0.15, 0.2) is 35.3 Å². The van der Waals surface area contributed by atoms with Crippen molar-refractivity contribution in [3.63, 3.8) is 0 Å². The Hall–Kier alpha value is -1.85. The normalized spacial score (nSPS) is 17.0. The molecular formula is C18H22ClN3O2. The summed E-state index contributed by atoms with van der Waals surface area (Å²) in [6.45, 7) is 3.43. The lowest BCUT2D eigenvalue weighted by molar-refractivity contribution is 0.0163. The van der Waals surface area contributed by atoms with Crippen LogP contribution in [0.2, 0.25) is 5.02 Å². The maximum Gasteiger partial charge on any atom is 0.285 e. The Kier molecular flexibility index (Phi) is 4.92. The average molecular weight is 348 g/mol. The number of aromatic amines is 1. The first-order chi connectivity index (χ1) is 11.5. The van der Waals surface area contributed by atoms with Gasteiger partial charge in [0.1, 0.15) is 5.02 Å². The van der Waals surface area contributed by atoms with Crippen LogP contribution in [-0.2, 0) is 12.8 Å². The number of benzene rings is 1. The number of halogens is 1. The number of aryl methyl sites for hydroxylation is 1. The van der Waals surface area contributed by atoms with E-state index < -0.39 is 5.60 Å². The van der Waals surface area contributed by atoms with E-state index in [0.717, 1.165) is 6.42 Å². The number of nitrogens with one attached hydrogen (secondary N) is 1. The lowest BCUT2D eigenvalue weighted by Crippen LogP contribution is -2.46. The van der Waals surface area contributed by atoms with Crippen LogP contribution in [0.1, 0.15) is 30.9 Å². The standard InChI is InChI=1S/C18H22ClN3O2/c1-2-13-5-3-4-6-14(13)11-18(24)7-9-22(10-8-18)15-12-20-21-17(23)16(15)19/h3-6,12,24H,2,7-11H2,1H3,(H,21,23). The van der Waals surface area contributed by atoms with Gasteiger partial charge in [0, 0.05) is 19.5 Å². The molecule has 1 aromatic heterocycles. The van der Waals surface area contributed by atoms with Crippen LogP contribution < -0.4 is 10.5 Å². The molecular weight excluding hydrogens is 326 g/mol. The van der Waals surface area contributed by atoms with Crippen molar-refractivity contribution in [1.29, 1.82) is 0 Å². The van der Waals surface area contributed by atoms with Gasteiger partial charge in [-0.25, -0.2) is 5.10 Å². The Balaban J connectivity index is 1.72. The van der Waals surface area contributed by atoms with Crippen LogP contribution in [-0.4, -0.2) is 34.0 Å². The number of H-pyrrole nitrogens is 1. The second-order valence-corrected chi connectivity index (χ2v) is 6.79. The predicted octanol–water partition coefficient (Wildman–Crippen LogP) is 2.56. The highest BCUT2D eigenvalue weighted by atomic mass is 35.5. The molecule has 2 aromatic rings. The molecule has 3 rings (SSSR count). The Morgan fingerprint density at radius 1 is 1.29 bits per heavy atom. The molecule has 0 aliphatic carbocycles. The van der Waals surface area contributed by atoms with Gasteiger partial charge in [-0.2, -0.15) is 5.10 Å². The smallest absolute Gasteiger partial charge is 0.285 e. The fraction of sp³-hybridized carbons (Fsp3) is 0.444. The van der Waals surface area contributed by atoms with Gasteiger partial charge in [0.25, 0.3) is 5.56 Å². The van der Waals surface area contributed by atoms with Crippen molar-refractivity contribution in [2.75, 3.05) is 18.0 Å². The van der Waals surface area contributed by atoms with Gasteiger partial charge in [0.05, 0.1) is 17.5 Å². The van der Waals surface area contributed by atoms with Crippen LogP contribution in [0.4, 0.5) is 5.69 Å². The molecule has 0 bridgehead atoms. The third kappa shape index (κ3) is 3.47. The summed E-state index contributed by atoms with van der Waals surface area (Å²) in [5.74, 6) is 0. The molecule has 0 unspecified atom stereocenters. The quantitative estimate of drug-likeness (QED) is 0.891. The summed E-state index contributed by atoms with van der Waals surface area (Å²) in [7, 11) is 0. The summed E-state index contributed by atoms with van der Waals surface area (Å²) in [5, 5.41) is 17.3. The fourth-order valence-corrected chi connectivity index (χ4v) is 3.58. The molecule has 128 valence electrons. The fourth-order valence-electron chi connectivity index (χ4n) is 3.36. The second kappa shape index (κ2) is 6.95. The Morgan fingerprint density at radius 3 is 2.62 bits per heavy atom. The second-order valence-electron chi connectivity index (χ2n) is 6.41. The average Bonchev–Trinajstić information content (AvgIpc) is 2.59. The van der Waals surface area contributed by atoms with E-state index in [2.05, 4.69) is 29.3 Å². The molecule has 24 heavy (non-hydrogen) atoms. The van der Waals surface area contributed by atoms with Gasteiger partial charge in [-0.05, 0) is 30.4 Å². The molecule has 1 fully saturated rings. The number of hydrogen-bond acceptors (Lipinski definition) is 4. The Morgan fingerprint density at radius 2 is 1.96 bits per heavy atom. The number of piperidine rings is 1. The molecule has 5 nitrogen and oxygen atoms in total. The summed E-state index contributed by atoms with van der Waals surface area (Å²) >= 11 is 6.08. The highest BCUT2D eigenvalue weighted by Crippen LogP contribution is 2.31. The number of nitrogens with zero attached hydrogens (tertiary/aromatic N) is 2. The van der Waals surface area contributed by atoms with Crippen molar-refractivity contribution in [3.8, 4) is 0 Å². The van der Waals surface area contributed by atoms with Crippen molar-refractivity contribution >= 4 is 17.3 Å². The highest BCUT2D eigenvalue weighted by Gasteiger charge is 2.33. The van der Waals surface area contributed by atoms with E-state index in [1.807, 2.05) is 17.0 Å². The zero-order valence-corrected chi connectivity index (χ0v) is 14.5. The van der Waals surface area contributed by atoms with Gasteiger partial charge >= 0.3 is 0 Å². The Labute approximate surface area is 146 Å². The van der Waals surface area contributed by atoms with Gasteiger partial charge in [-0.3, -0.25) is 4.79 Å². The van der Waals surface area contributed by atoms with E-state index in [9.17, 15) is 9.90 Å². The van der Waals surface area contributed by atoms with E-state index in [1.165, 1.54) is 11.1 Å². The van der Waals surface area contributed by atoms with Gasteiger partial charge in [0.15, 0.2) is 0 Å². The maximum atomic E-state index is 11.6. The first-order valence-corrected chi connectivity index (χ1v) is 8.67. The van der Waals surface area contributed by atoms with Crippen molar-refractivity contribution < 1.29 is 5.11 Å². The molecule has 0 spiro atoms. The van der Waals surface area contributed by atoms with Gasteiger partial charge in [-0.15, -0.1) is 0 Å². The van der Waals surface area contributed by atoms with Gasteiger partial charge in [0.2, 0.25) is 0 Å². The molecule has 1 aliphatic heterocycles. The SMILES string of the molecule is CCc1ccccc1CC1(O)CCN(c2cn[nH]c(=O)c2Cl)CC1. The third-order valence-electron chi connectivity index (χ3n) is 4.83. The minimum Gasteiger partial charge on any atom is -0.389 e.